The second-order valence-electron chi connectivity index (χ2n) is 4.62. The van der Waals surface area contributed by atoms with Crippen molar-refractivity contribution in [3.05, 3.63) is 54.1 Å². The molecule has 0 bridgehead atoms. The topological polar surface area (TPSA) is 46.5 Å². The third-order valence-electron chi connectivity index (χ3n) is 2.95. The van der Waals surface area contributed by atoms with Crippen LogP contribution in [0, 0.1) is 0 Å². The van der Waals surface area contributed by atoms with E-state index in [4.69, 9.17) is 4.74 Å². The molecule has 1 unspecified atom stereocenters. The smallest absolute Gasteiger partial charge is 0.333 e. The molecule has 0 aromatic heterocycles. The Morgan fingerprint density at radius 2 is 1.89 bits per heavy atom. The Hall–Kier alpha value is -2.29. The van der Waals surface area contributed by atoms with Crippen LogP contribution in [0.15, 0.2) is 48.6 Å². The first-order valence-electron chi connectivity index (χ1n) is 6.06. The maximum Gasteiger partial charge on any atom is 0.333 e. The van der Waals surface area contributed by atoms with Gasteiger partial charge in [0.05, 0.1) is 0 Å². The number of fused-ring (bicyclic) bond motifs is 1. The van der Waals surface area contributed by atoms with Gasteiger partial charge in [0.25, 0.3) is 0 Å². The van der Waals surface area contributed by atoms with Gasteiger partial charge in [0, 0.05) is 5.57 Å². The molecule has 19 heavy (non-hydrogen) atoms. The molecule has 0 radical (unpaired) electrons. The summed E-state index contributed by atoms with van der Waals surface area (Å²) in [4.78, 5) is 11.5. The van der Waals surface area contributed by atoms with E-state index in [-0.39, 0.29) is 11.9 Å². The number of aromatic hydroxyl groups is 1. The fourth-order valence-electron chi connectivity index (χ4n) is 1.83. The van der Waals surface area contributed by atoms with Crippen molar-refractivity contribution >= 4 is 16.7 Å². The fourth-order valence-corrected chi connectivity index (χ4v) is 1.83. The first kappa shape index (κ1) is 13.1. The molecule has 1 atom stereocenters. The zero-order chi connectivity index (χ0) is 14.0. The van der Waals surface area contributed by atoms with Gasteiger partial charge in [0.2, 0.25) is 0 Å². The van der Waals surface area contributed by atoms with Crippen molar-refractivity contribution in [1.82, 2.24) is 0 Å². The van der Waals surface area contributed by atoms with Crippen LogP contribution in [0.1, 0.15) is 25.5 Å². The Balaban J connectivity index is 2.29. The lowest BCUT2D eigenvalue weighted by Crippen LogP contribution is -2.09. The minimum absolute atomic E-state index is 0.219. The molecule has 0 heterocycles. The lowest BCUT2D eigenvalue weighted by molar-refractivity contribution is -0.143. The number of benzene rings is 2. The Kier molecular flexibility index (Phi) is 3.56. The lowest BCUT2D eigenvalue weighted by Gasteiger charge is -2.14. The fraction of sp³-hybridized carbons (Fsp3) is 0.188. The van der Waals surface area contributed by atoms with E-state index in [1.165, 1.54) is 0 Å². The molecule has 0 fully saturated rings. The molecule has 0 aliphatic rings. The van der Waals surface area contributed by atoms with Crippen molar-refractivity contribution in [2.24, 2.45) is 0 Å². The highest BCUT2D eigenvalue weighted by Crippen LogP contribution is 2.25. The van der Waals surface area contributed by atoms with Gasteiger partial charge in [0.1, 0.15) is 11.9 Å². The van der Waals surface area contributed by atoms with Gasteiger partial charge in [0.15, 0.2) is 0 Å². The van der Waals surface area contributed by atoms with Crippen molar-refractivity contribution < 1.29 is 14.6 Å². The largest absolute Gasteiger partial charge is 0.508 e. The van der Waals surface area contributed by atoms with Crippen LogP contribution in [-0.4, -0.2) is 11.1 Å². The summed E-state index contributed by atoms with van der Waals surface area (Å²) in [5.41, 5.74) is 1.26. The average Bonchev–Trinajstić information content (AvgIpc) is 2.37. The van der Waals surface area contributed by atoms with Gasteiger partial charge in [-0.25, -0.2) is 4.79 Å². The van der Waals surface area contributed by atoms with E-state index in [1.54, 1.807) is 19.1 Å². The third kappa shape index (κ3) is 2.94. The van der Waals surface area contributed by atoms with Gasteiger partial charge in [-0.15, -0.1) is 0 Å². The highest BCUT2D eigenvalue weighted by Gasteiger charge is 2.12. The van der Waals surface area contributed by atoms with E-state index in [0.29, 0.717) is 5.57 Å². The molecule has 0 saturated heterocycles. The summed E-state index contributed by atoms with van der Waals surface area (Å²) >= 11 is 0. The predicted molar refractivity (Wildman–Crippen MR) is 74.9 cm³/mol. The van der Waals surface area contributed by atoms with Gasteiger partial charge in [-0.1, -0.05) is 24.8 Å². The number of carbonyl (C=O) groups is 1. The minimum Gasteiger partial charge on any atom is -0.508 e. The van der Waals surface area contributed by atoms with E-state index >= 15 is 0 Å². The maximum absolute atomic E-state index is 11.5. The van der Waals surface area contributed by atoms with Gasteiger partial charge in [-0.2, -0.15) is 0 Å². The van der Waals surface area contributed by atoms with Crippen LogP contribution in [0.5, 0.6) is 5.75 Å². The number of hydrogen-bond donors (Lipinski definition) is 1. The normalized spacial score (nSPS) is 12.1. The van der Waals surface area contributed by atoms with Gasteiger partial charge >= 0.3 is 5.97 Å². The van der Waals surface area contributed by atoms with Gasteiger partial charge in [-0.3, -0.25) is 0 Å². The standard InChI is InChI=1S/C16H16O3/c1-10(2)16(18)19-11(3)13-5-4-12-6-7-15(17)9-14(12)8-13/h4-9,11,17H,1H2,2-3H3. The molecule has 2 rings (SSSR count). The summed E-state index contributed by atoms with van der Waals surface area (Å²) in [6, 6.07) is 10.9. The van der Waals surface area contributed by atoms with E-state index in [9.17, 15) is 9.90 Å². The summed E-state index contributed by atoms with van der Waals surface area (Å²) in [5, 5.41) is 11.4. The minimum atomic E-state index is -0.400. The summed E-state index contributed by atoms with van der Waals surface area (Å²) in [6.45, 7) is 6.98. The van der Waals surface area contributed by atoms with E-state index in [2.05, 4.69) is 6.58 Å². The molecule has 0 spiro atoms. The quantitative estimate of drug-likeness (QED) is 0.672. The van der Waals surface area contributed by atoms with Crippen molar-refractivity contribution in [3.8, 4) is 5.75 Å². The van der Waals surface area contributed by atoms with Crippen LogP contribution in [0.4, 0.5) is 0 Å². The molecule has 2 aromatic rings. The van der Waals surface area contributed by atoms with Gasteiger partial charge < -0.3 is 9.84 Å². The van der Waals surface area contributed by atoms with Crippen molar-refractivity contribution in [3.63, 3.8) is 0 Å². The van der Waals surface area contributed by atoms with Crippen LogP contribution >= 0.6 is 0 Å². The predicted octanol–water partition coefficient (Wildman–Crippen LogP) is 3.73. The highest BCUT2D eigenvalue weighted by atomic mass is 16.5. The van der Waals surface area contributed by atoms with Crippen molar-refractivity contribution in [2.75, 3.05) is 0 Å². The highest BCUT2D eigenvalue weighted by molar-refractivity contribution is 5.87. The lowest BCUT2D eigenvalue weighted by atomic mass is 10.0. The van der Waals surface area contributed by atoms with Crippen LogP contribution in [0.25, 0.3) is 10.8 Å². The molecule has 0 aliphatic heterocycles. The second-order valence-corrected chi connectivity index (χ2v) is 4.62. The molecular weight excluding hydrogens is 240 g/mol. The van der Waals surface area contributed by atoms with Crippen LogP contribution in [-0.2, 0) is 9.53 Å². The maximum atomic E-state index is 11.5. The van der Waals surface area contributed by atoms with E-state index < -0.39 is 5.97 Å². The number of hydrogen-bond acceptors (Lipinski definition) is 3. The van der Waals surface area contributed by atoms with Crippen molar-refractivity contribution in [1.29, 1.82) is 0 Å². The van der Waals surface area contributed by atoms with E-state index in [1.807, 2.05) is 31.2 Å². The molecule has 0 amide bonds. The third-order valence-corrected chi connectivity index (χ3v) is 2.95. The number of ether oxygens (including phenoxy) is 1. The number of rotatable bonds is 3. The first-order chi connectivity index (χ1) is 8.97. The van der Waals surface area contributed by atoms with Gasteiger partial charge in [-0.05, 0) is 48.4 Å². The Morgan fingerprint density at radius 1 is 1.21 bits per heavy atom. The summed E-state index contributed by atoms with van der Waals surface area (Å²) in [6.07, 6.45) is -0.351. The molecule has 0 aliphatic carbocycles. The molecule has 0 saturated carbocycles. The van der Waals surface area contributed by atoms with E-state index in [0.717, 1.165) is 16.3 Å². The number of phenols is 1. The van der Waals surface area contributed by atoms with Crippen LogP contribution in [0.2, 0.25) is 0 Å². The Morgan fingerprint density at radius 3 is 2.58 bits per heavy atom. The molecule has 2 aromatic carbocycles. The molecule has 98 valence electrons. The Bertz CT molecular complexity index is 643. The number of esters is 1. The number of carbonyl (C=O) groups excluding carboxylic acids is 1. The summed E-state index contributed by atoms with van der Waals surface area (Å²) in [7, 11) is 0. The summed E-state index contributed by atoms with van der Waals surface area (Å²) in [5.74, 6) is -0.181. The zero-order valence-corrected chi connectivity index (χ0v) is 11.0. The van der Waals surface area contributed by atoms with Crippen molar-refractivity contribution in [2.45, 2.75) is 20.0 Å². The SMILES string of the molecule is C=C(C)C(=O)OC(C)c1ccc2ccc(O)cc2c1. The van der Waals surface area contributed by atoms with Crippen LogP contribution in [0.3, 0.4) is 0 Å². The van der Waals surface area contributed by atoms with Crippen LogP contribution < -0.4 is 0 Å². The molecule has 3 nitrogen and oxygen atoms in total. The monoisotopic (exact) mass is 256 g/mol. The Labute approximate surface area is 112 Å². The average molecular weight is 256 g/mol. The second kappa shape index (κ2) is 5.14. The number of phenolic OH excluding ortho intramolecular Hbond substituents is 1. The molecule has 3 heteroatoms. The zero-order valence-electron chi connectivity index (χ0n) is 11.0. The molecular formula is C16H16O3. The first-order valence-corrected chi connectivity index (χ1v) is 6.06. The summed E-state index contributed by atoms with van der Waals surface area (Å²) < 4.78 is 5.28. The molecule has 1 N–H and O–H groups in total.